The van der Waals surface area contributed by atoms with Crippen LogP contribution in [0.15, 0.2) is 42.5 Å². The summed E-state index contributed by atoms with van der Waals surface area (Å²) in [5.41, 5.74) is 1.93. The Hall–Kier alpha value is -2.69. The number of fused-ring (bicyclic) bond motifs is 1. The van der Waals surface area contributed by atoms with Crippen LogP contribution in [0.25, 0.3) is 0 Å². The normalized spacial score (nSPS) is 15.1. The number of amides is 2. The summed E-state index contributed by atoms with van der Waals surface area (Å²) in [6.45, 7) is 3.67. The first kappa shape index (κ1) is 14.3. The average molecular weight is 298 g/mol. The first-order valence-corrected chi connectivity index (χ1v) is 6.91. The molecule has 0 saturated heterocycles. The van der Waals surface area contributed by atoms with Crippen molar-refractivity contribution in [3.63, 3.8) is 0 Å². The summed E-state index contributed by atoms with van der Waals surface area (Å²) in [6, 6.07) is 10.6. The molecule has 5 heteroatoms. The lowest BCUT2D eigenvalue weighted by Gasteiger charge is -2.16. The monoisotopic (exact) mass is 298 g/mol. The summed E-state index contributed by atoms with van der Waals surface area (Å²) < 4.78 is 12.9. The highest BCUT2D eigenvalue weighted by molar-refractivity contribution is 6.07. The van der Waals surface area contributed by atoms with Crippen molar-refractivity contribution >= 4 is 23.2 Å². The van der Waals surface area contributed by atoms with E-state index in [2.05, 4.69) is 10.6 Å². The maximum Gasteiger partial charge on any atom is 0.255 e. The van der Waals surface area contributed by atoms with Gasteiger partial charge < -0.3 is 10.6 Å². The fourth-order valence-electron chi connectivity index (χ4n) is 2.45. The van der Waals surface area contributed by atoms with Gasteiger partial charge in [0.25, 0.3) is 5.91 Å². The van der Waals surface area contributed by atoms with E-state index in [9.17, 15) is 14.0 Å². The highest BCUT2D eigenvalue weighted by atomic mass is 19.1. The molecule has 4 nitrogen and oxygen atoms in total. The first-order chi connectivity index (χ1) is 10.4. The lowest BCUT2D eigenvalue weighted by atomic mass is 9.86. The molecular weight excluding hydrogens is 283 g/mol. The summed E-state index contributed by atoms with van der Waals surface area (Å²) >= 11 is 0. The zero-order chi connectivity index (χ0) is 15.9. The first-order valence-electron chi connectivity index (χ1n) is 6.91. The predicted octanol–water partition coefficient (Wildman–Crippen LogP) is 3.31. The molecule has 0 unspecified atom stereocenters. The van der Waals surface area contributed by atoms with Crippen LogP contribution in [0.3, 0.4) is 0 Å². The molecule has 0 radical (unpaired) electrons. The summed E-state index contributed by atoms with van der Waals surface area (Å²) in [7, 11) is 0. The van der Waals surface area contributed by atoms with E-state index < -0.39 is 5.41 Å². The zero-order valence-electron chi connectivity index (χ0n) is 12.2. The smallest absolute Gasteiger partial charge is 0.255 e. The molecule has 2 N–H and O–H groups in total. The molecule has 0 fully saturated rings. The van der Waals surface area contributed by atoms with Crippen LogP contribution in [0, 0.1) is 5.82 Å². The van der Waals surface area contributed by atoms with Gasteiger partial charge in [-0.15, -0.1) is 0 Å². The third-order valence-corrected chi connectivity index (χ3v) is 3.87. The molecule has 0 atom stereocenters. The van der Waals surface area contributed by atoms with Gasteiger partial charge in [0.05, 0.1) is 5.41 Å². The second-order valence-electron chi connectivity index (χ2n) is 5.80. The number of carbonyl (C=O) groups is 2. The van der Waals surface area contributed by atoms with Crippen molar-refractivity contribution in [2.45, 2.75) is 19.3 Å². The minimum atomic E-state index is -0.633. The van der Waals surface area contributed by atoms with E-state index in [0.717, 1.165) is 11.3 Å². The number of hydrogen-bond acceptors (Lipinski definition) is 2. The fraction of sp³-hybridized carbons (Fsp3) is 0.176. The molecule has 0 bridgehead atoms. The summed E-state index contributed by atoms with van der Waals surface area (Å²) in [5.74, 6) is -0.778. The highest BCUT2D eigenvalue weighted by Gasteiger charge is 2.38. The van der Waals surface area contributed by atoms with Crippen LogP contribution in [0.5, 0.6) is 0 Å². The van der Waals surface area contributed by atoms with Gasteiger partial charge in [-0.3, -0.25) is 9.59 Å². The Morgan fingerprint density at radius 1 is 1.14 bits per heavy atom. The number of hydrogen-bond donors (Lipinski definition) is 2. The van der Waals surface area contributed by atoms with Gasteiger partial charge in [-0.1, -0.05) is 0 Å². The molecule has 22 heavy (non-hydrogen) atoms. The van der Waals surface area contributed by atoms with Crippen LogP contribution in [0.2, 0.25) is 0 Å². The summed E-state index contributed by atoms with van der Waals surface area (Å²) in [4.78, 5) is 24.0. The van der Waals surface area contributed by atoms with Crippen molar-refractivity contribution in [1.82, 2.24) is 0 Å². The molecule has 1 aliphatic rings. The fourth-order valence-corrected chi connectivity index (χ4v) is 2.45. The van der Waals surface area contributed by atoms with Gasteiger partial charge in [0.15, 0.2) is 0 Å². The predicted molar refractivity (Wildman–Crippen MR) is 82.5 cm³/mol. The molecule has 1 heterocycles. The van der Waals surface area contributed by atoms with Gasteiger partial charge in [0.2, 0.25) is 5.91 Å². The molecule has 112 valence electrons. The molecule has 0 saturated carbocycles. The van der Waals surface area contributed by atoms with Crippen molar-refractivity contribution in [2.75, 3.05) is 10.6 Å². The maximum atomic E-state index is 12.9. The zero-order valence-corrected chi connectivity index (χ0v) is 12.2. The van der Waals surface area contributed by atoms with Crippen LogP contribution in [0.1, 0.15) is 29.8 Å². The van der Waals surface area contributed by atoms with Crippen molar-refractivity contribution < 1.29 is 14.0 Å². The highest BCUT2D eigenvalue weighted by Crippen LogP contribution is 2.38. The number of anilines is 2. The largest absolute Gasteiger partial charge is 0.325 e. The van der Waals surface area contributed by atoms with Crippen LogP contribution in [0.4, 0.5) is 15.8 Å². The molecule has 2 amide bonds. The Balaban J connectivity index is 1.86. The van der Waals surface area contributed by atoms with Crippen molar-refractivity contribution in [3.05, 3.63) is 59.4 Å². The van der Waals surface area contributed by atoms with E-state index in [1.807, 2.05) is 13.8 Å². The Bertz CT molecular complexity index is 767. The average Bonchev–Trinajstić information content (AvgIpc) is 2.70. The molecule has 1 aliphatic heterocycles. The van der Waals surface area contributed by atoms with E-state index in [1.165, 1.54) is 24.3 Å². The maximum absolute atomic E-state index is 12.9. The van der Waals surface area contributed by atoms with Gasteiger partial charge in [-0.2, -0.15) is 0 Å². The topological polar surface area (TPSA) is 58.2 Å². The van der Waals surface area contributed by atoms with E-state index in [4.69, 9.17) is 0 Å². The van der Waals surface area contributed by atoms with Gasteiger partial charge in [-0.25, -0.2) is 4.39 Å². The van der Waals surface area contributed by atoms with Gasteiger partial charge in [0, 0.05) is 16.9 Å². The van der Waals surface area contributed by atoms with Crippen molar-refractivity contribution in [1.29, 1.82) is 0 Å². The number of benzene rings is 2. The lowest BCUT2D eigenvalue weighted by molar-refractivity contribution is -0.119. The van der Waals surface area contributed by atoms with Crippen molar-refractivity contribution in [2.24, 2.45) is 0 Å². The molecule has 3 rings (SSSR count). The Morgan fingerprint density at radius 2 is 1.82 bits per heavy atom. The number of halogens is 1. The Labute approximate surface area is 127 Å². The standard InChI is InChI=1S/C17H15FN2O2/c1-17(2)13-9-12(7-8-14(13)20-16(17)22)19-15(21)10-3-5-11(18)6-4-10/h3-9H,1-2H3,(H,19,21)(H,20,22). The van der Waals surface area contributed by atoms with E-state index in [0.29, 0.717) is 11.3 Å². The molecular formula is C17H15FN2O2. The Kier molecular flexibility index (Phi) is 3.20. The minimum Gasteiger partial charge on any atom is -0.325 e. The molecule has 0 aliphatic carbocycles. The quantitative estimate of drug-likeness (QED) is 0.893. The van der Waals surface area contributed by atoms with Crippen LogP contribution >= 0.6 is 0 Å². The van der Waals surface area contributed by atoms with E-state index >= 15 is 0 Å². The third-order valence-electron chi connectivity index (χ3n) is 3.87. The van der Waals surface area contributed by atoms with Crippen LogP contribution in [-0.2, 0) is 10.2 Å². The second-order valence-corrected chi connectivity index (χ2v) is 5.80. The van der Waals surface area contributed by atoms with E-state index in [1.54, 1.807) is 18.2 Å². The third kappa shape index (κ3) is 2.35. The van der Waals surface area contributed by atoms with Gasteiger partial charge in [0.1, 0.15) is 5.82 Å². The molecule has 2 aromatic carbocycles. The molecule has 2 aromatic rings. The number of carbonyl (C=O) groups excluding carboxylic acids is 2. The van der Waals surface area contributed by atoms with Crippen LogP contribution < -0.4 is 10.6 Å². The SMILES string of the molecule is CC1(C)C(=O)Nc2ccc(NC(=O)c3ccc(F)cc3)cc21. The van der Waals surface area contributed by atoms with Gasteiger partial charge >= 0.3 is 0 Å². The number of nitrogens with one attached hydrogen (secondary N) is 2. The molecule has 0 aromatic heterocycles. The van der Waals surface area contributed by atoms with E-state index in [-0.39, 0.29) is 17.6 Å². The van der Waals surface area contributed by atoms with Crippen LogP contribution in [-0.4, -0.2) is 11.8 Å². The minimum absolute atomic E-state index is 0.0653. The lowest BCUT2D eigenvalue weighted by Crippen LogP contribution is -2.26. The second kappa shape index (κ2) is 4.94. The summed E-state index contributed by atoms with van der Waals surface area (Å²) in [6.07, 6.45) is 0. The summed E-state index contributed by atoms with van der Waals surface area (Å²) in [5, 5.41) is 5.57. The Morgan fingerprint density at radius 3 is 2.50 bits per heavy atom. The molecule has 0 spiro atoms. The van der Waals surface area contributed by atoms with Crippen molar-refractivity contribution in [3.8, 4) is 0 Å². The number of rotatable bonds is 2. The van der Waals surface area contributed by atoms with Gasteiger partial charge in [-0.05, 0) is 61.9 Å².